The maximum atomic E-state index is 13.0. The molecule has 1 unspecified atom stereocenters. The van der Waals surface area contributed by atoms with E-state index >= 15 is 0 Å². The number of carbonyl (C=O) groups is 1. The largest absolute Gasteiger partial charge is 0.496 e. The Balaban J connectivity index is 0.00000480. The topological polar surface area (TPSA) is 44.8 Å². The van der Waals surface area contributed by atoms with E-state index in [1.165, 1.54) is 7.11 Å². The molecule has 0 aliphatic carbocycles. The number of hydrogen-bond acceptors (Lipinski definition) is 4. The number of carbonyl (C=O) groups excluding carboxylic acids is 1. The Morgan fingerprint density at radius 1 is 0.968 bits per heavy atom. The van der Waals surface area contributed by atoms with Gasteiger partial charge in [0.25, 0.3) is 0 Å². The molecular formula is C24H32ClLiO4P. The van der Waals surface area contributed by atoms with Gasteiger partial charge in [0.2, 0.25) is 0 Å². The van der Waals surface area contributed by atoms with Crippen molar-refractivity contribution in [2.45, 2.75) is 40.5 Å². The number of halogens is 1. The third kappa shape index (κ3) is 9.07. The molecule has 0 fully saturated rings. The van der Waals surface area contributed by atoms with Gasteiger partial charge < -0.3 is 14.2 Å². The van der Waals surface area contributed by atoms with Crippen molar-refractivity contribution >= 4 is 49.9 Å². The third-order valence-electron chi connectivity index (χ3n) is 4.54. The molecule has 2 aromatic carbocycles. The molecular weight excluding hydrogens is 426 g/mol. The van der Waals surface area contributed by atoms with Gasteiger partial charge in [-0.3, -0.25) is 4.79 Å². The van der Waals surface area contributed by atoms with Gasteiger partial charge in [0.1, 0.15) is 17.2 Å². The van der Waals surface area contributed by atoms with Gasteiger partial charge in [0.15, 0.2) is 5.52 Å². The summed E-state index contributed by atoms with van der Waals surface area (Å²) in [5, 5.41) is 1.23. The van der Waals surface area contributed by atoms with Gasteiger partial charge in [-0.05, 0) is 57.5 Å². The van der Waals surface area contributed by atoms with Crippen molar-refractivity contribution in [2.24, 2.45) is 11.8 Å². The van der Waals surface area contributed by atoms with Gasteiger partial charge in [-0.15, -0.1) is 0 Å². The predicted octanol–water partition coefficient (Wildman–Crippen LogP) is 5.96. The van der Waals surface area contributed by atoms with Crippen molar-refractivity contribution in [3.05, 3.63) is 47.0 Å². The zero-order valence-corrected chi connectivity index (χ0v) is 21.2. The van der Waals surface area contributed by atoms with Crippen LogP contribution in [0.3, 0.4) is 0 Å². The maximum Gasteiger partial charge on any atom is 0.190 e. The second kappa shape index (κ2) is 14.1. The van der Waals surface area contributed by atoms with Crippen LogP contribution in [0.1, 0.15) is 50.9 Å². The van der Waals surface area contributed by atoms with E-state index in [1.54, 1.807) is 18.2 Å². The third-order valence-corrected chi connectivity index (χ3v) is 6.01. The first-order chi connectivity index (χ1) is 14.3. The zero-order chi connectivity index (χ0) is 22.1. The van der Waals surface area contributed by atoms with Crippen LogP contribution >= 0.6 is 20.2 Å². The minimum absolute atomic E-state index is 0. The molecule has 31 heavy (non-hydrogen) atoms. The molecule has 0 amide bonds. The van der Waals surface area contributed by atoms with Gasteiger partial charge in [-0.25, -0.2) is 0 Å². The summed E-state index contributed by atoms with van der Waals surface area (Å²) in [5.74, 6) is 3.05. The molecule has 165 valence electrons. The molecule has 1 radical (unpaired) electrons. The van der Waals surface area contributed by atoms with E-state index in [4.69, 9.17) is 25.8 Å². The van der Waals surface area contributed by atoms with Crippen molar-refractivity contribution in [1.29, 1.82) is 0 Å². The molecule has 0 aliphatic rings. The molecule has 2 rings (SSSR count). The Labute approximate surface area is 205 Å². The quantitative estimate of drug-likeness (QED) is 0.291. The predicted molar refractivity (Wildman–Crippen MR) is 132 cm³/mol. The number of hydrogen-bond donors (Lipinski definition) is 0. The summed E-state index contributed by atoms with van der Waals surface area (Å²) in [6.45, 7) is 9.90. The Morgan fingerprint density at radius 3 is 2.23 bits per heavy atom. The molecule has 0 bridgehead atoms. The summed E-state index contributed by atoms with van der Waals surface area (Å²) in [6, 6.07) is 10.9. The summed E-state index contributed by atoms with van der Waals surface area (Å²) in [6.07, 6.45) is 1.92. The van der Waals surface area contributed by atoms with E-state index in [2.05, 4.69) is 27.7 Å². The van der Waals surface area contributed by atoms with Gasteiger partial charge in [0.05, 0.1) is 30.9 Å². The normalized spacial score (nSPS) is 11.1. The standard InChI is InChI=1S/C24H32ClO4P.Li/c1-16(2)11-13-28-18-9-10-22(21(15-18)29-14-12-17(3)4)30-24(26)23-19(25)7-6-8-20(23)27-5;/h6-10,15-17,30H,11-14H2,1-5H3;. The van der Waals surface area contributed by atoms with E-state index in [9.17, 15) is 4.79 Å². The fraction of sp³-hybridized carbons (Fsp3) is 0.458. The van der Waals surface area contributed by atoms with E-state index in [0.29, 0.717) is 47.1 Å². The van der Waals surface area contributed by atoms with Crippen LogP contribution in [0.4, 0.5) is 0 Å². The van der Waals surface area contributed by atoms with E-state index in [0.717, 1.165) is 23.9 Å². The molecule has 0 heterocycles. The summed E-state index contributed by atoms with van der Waals surface area (Å²) in [5.41, 5.74) is 0.324. The number of benzene rings is 2. The van der Waals surface area contributed by atoms with Crippen LogP contribution in [-0.4, -0.2) is 44.7 Å². The first-order valence-corrected chi connectivity index (χ1v) is 11.7. The summed E-state index contributed by atoms with van der Waals surface area (Å²) in [4.78, 5) is 13.0. The molecule has 0 saturated heterocycles. The Morgan fingerprint density at radius 2 is 1.61 bits per heavy atom. The van der Waals surface area contributed by atoms with Gasteiger partial charge in [0, 0.05) is 30.2 Å². The van der Waals surface area contributed by atoms with E-state index < -0.39 is 0 Å². The Hall–Kier alpha value is -1.17. The fourth-order valence-electron chi connectivity index (χ4n) is 2.71. The van der Waals surface area contributed by atoms with E-state index in [-0.39, 0.29) is 33.0 Å². The molecule has 4 nitrogen and oxygen atoms in total. The fourth-order valence-corrected chi connectivity index (χ4v) is 4.10. The summed E-state index contributed by atoms with van der Waals surface area (Å²) >= 11 is 6.29. The smallest absolute Gasteiger partial charge is 0.190 e. The summed E-state index contributed by atoms with van der Waals surface area (Å²) < 4.78 is 17.3. The van der Waals surface area contributed by atoms with Gasteiger partial charge in [-0.2, -0.15) is 0 Å². The molecule has 2 aromatic rings. The average Bonchev–Trinajstić information content (AvgIpc) is 2.68. The van der Waals surface area contributed by atoms with Crippen molar-refractivity contribution < 1.29 is 19.0 Å². The number of methoxy groups -OCH3 is 1. The van der Waals surface area contributed by atoms with Crippen LogP contribution in [-0.2, 0) is 0 Å². The minimum Gasteiger partial charge on any atom is -0.496 e. The molecule has 7 heteroatoms. The van der Waals surface area contributed by atoms with Crippen LogP contribution in [0, 0.1) is 11.8 Å². The molecule has 0 spiro atoms. The van der Waals surface area contributed by atoms with Crippen LogP contribution in [0.15, 0.2) is 36.4 Å². The second-order valence-electron chi connectivity index (χ2n) is 7.99. The van der Waals surface area contributed by atoms with E-state index in [1.807, 2.05) is 18.2 Å². The number of ether oxygens (including phenoxy) is 3. The van der Waals surface area contributed by atoms with Crippen molar-refractivity contribution in [1.82, 2.24) is 0 Å². The first kappa shape index (κ1) is 27.9. The molecule has 0 aliphatic heterocycles. The molecule has 0 N–H and O–H groups in total. The molecule has 0 aromatic heterocycles. The van der Waals surface area contributed by atoms with Crippen LogP contribution < -0.4 is 19.5 Å². The van der Waals surface area contributed by atoms with Gasteiger partial charge >= 0.3 is 0 Å². The number of rotatable bonds is 12. The maximum absolute atomic E-state index is 13.0. The minimum atomic E-state index is -0.133. The SMILES string of the molecule is COc1cccc(Cl)c1C(=O)Pc1ccc(OCCC(C)C)cc1OCCC(C)C.[Li]. The Kier molecular flexibility index (Phi) is 12.6. The zero-order valence-electron chi connectivity index (χ0n) is 19.5. The first-order valence-electron chi connectivity index (χ1n) is 10.3. The van der Waals surface area contributed by atoms with Gasteiger partial charge in [-0.1, -0.05) is 45.4 Å². The van der Waals surface area contributed by atoms with Crippen LogP contribution in [0.25, 0.3) is 0 Å². The Bertz CT molecular complexity index is 842. The van der Waals surface area contributed by atoms with Crippen molar-refractivity contribution in [3.63, 3.8) is 0 Å². The molecule has 1 atom stereocenters. The van der Waals surface area contributed by atoms with Crippen LogP contribution in [0.5, 0.6) is 17.2 Å². The van der Waals surface area contributed by atoms with Crippen LogP contribution in [0.2, 0.25) is 5.02 Å². The average molecular weight is 458 g/mol. The van der Waals surface area contributed by atoms with Crippen molar-refractivity contribution in [2.75, 3.05) is 20.3 Å². The summed E-state index contributed by atoms with van der Waals surface area (Å²) in [7, 11) is 1.40. The monoisotopic (exact) mass is 457 g/mol. The molecule has 0 saturated carbocycles. The second-order valence-corrected chi connectivity index (χ2v) is 9.64. The van der Waals surface area contributed by atoms with Crippen molar-refractivity contribution in [3.8, 4) is 17.2 Å².